The number of benzene rings is 2. The molecule has 1 N–H and O–H groups in total. The average Bonchev–Trinajstić information content (AvgIpc) is 2.63. The van der Waals surface area contributed by atoms with E-state index in [1.165, 1.54) is 0 Å². The fourth-order valence-corrected chi connectivity index (χ4v) is 3.32. The highest BCUT2D eigenvalue weighted by Crippen LogP contribution is 2.28. The molecule has 0 bridgehead atoms. The summed E-state index contributed by atoms with van der Waals surface area (Å²) in [6, 6.07) is 11.1. The minimum atomic E-state index is -0.286. The Kier molecular flexibility index (Phi) is 4.02. The van der Waals surface area contributed by atoms with Crippen LogP contribution in [-0.4, -0.2) is 61.1 Å². The normalized spacial score (nSPS) is 18.4. The molecule has 1 saturated heterocycles. The average molecular weight is 325 g/mol. The zero-order valence-electron chi connectivity index (χ0n) is 13.3. The van der Waals surface area contributed by atoms with Crippen LogP contribution in [0.3, 0.4) is 0 Å². The first kappa shape index (κ1) is 15.3. The highest BCUT2D eigenvalue weighted by atomic mass is 16.5. The Morgan fingerprint density at radius 2 is 1.58 bits per heavy atom. The Labute approximate surface area is 139 Å². The van der Waals surface area contributed by atoms with Gasteiger partial charge in [-0.3, -0.25) is 14.5 Å². The lowest BCUT2D eigenvalue weighted by atomic mass is 9.95. The fourth-order valence-electron chi connectivity index (χ4n) is 3.32. The summed E-state index contributed by atoms with van der Waals surface area (Å²) in [5.41, 5.74) is 4.15. The van der Waals surface area contributed by atoms with Crippen molar-refractivity contribution in [1.29, 1.82) is 0 Å². The van der Waals surface area contributed by atoms with Gasteiger partial charge in [0.2, 0.25) is 0 Å². The zero-order chi connectivity index (χ0) is 16.5. The zero-order valence-corrected chi connectivity index (χ0v) is 13.3. The number of morpholine rings is 1. The van der Waals surface area contributed by atoms with E-state index in [0.29, 0.717) is 17.7 Å². The molecule has 2 amide bonds. The van der Waals surface area contributed by atoms with E-state index in [4.69, 9.17) is 4.74 Å². The van der Waals surface area contributed by atoms with E-state index < -0.39 is 0 Å². The Balaban J connectivity index is 1.53. The van der Waals surface area contributed by atoms with E-state index in [-0.39, 0.29) is 11.8 Å². The summed E-state index contributed by atoms with van der Waals surface area (Å²) in [7, 11) is 0. The summed E-state index contributed by atoms with van der Waals surface area (Å²) in [6.07, 6.45) is 0. The topological polar surface area (TPSA) is 61.9 Å². The van der Waals surface area contributed by atoms with Crippen molar-refractivity contribution in [2.45, 2.75) is 0 Å². The summed E-state index contributed by atoms with van der Waals surface area (Å²) in [5, 5.41) is 2.82. The van der Waals surface area contributed by atoms with Gasteiger partial charge in [0.25, 0.3) is 11.8 Å². The first-order chi connectivity index (χ1) is 11.8. The number of carbonyl (C=O) groups is 2. The molecule has 0 atom stereocenters. The maximum atomic E-state index is 12.7. The van der Waals surface area contributed by atoms with Crippen molar-refractivity contribution in [2.75, 3.05) is 39.4 Å². The van der Waals surface area contributed by atoms with E-state index >= 15 is 0 Å². The summed E-state index contributed by atoms with van der Waals surface area (Å²) in [6.45, 7) is 4.53. The van der Waals surface area contributed by atoms with Gasteiger partial charge >= 0.3 is 0 Å². The first-order valence-corrected chi connectivity index (χ1v) is 8.20. The van der Waals surface area contributed by atoms with Crippen molar-refractivity contribution in [1.82, 2.24) is 15.3 Å². The monoisotopic (exact) mass is 325 g/mol. The van der Waals surface area contributed by atoms with Gasteiger partial charge < -0.3 is 4.74 Å². The number of nitrogens with zero attached hydrogens (tertiary/aromatic N) is 2. The van der Waals surface area contributed by atoms with Gasteiger partial charge in [-0.05, 0) is 17.5 Å². The van der Waals surface area contributed by atoms with E-state index in [2.05, 4.69) is 10.3 Å². The fraction of sp³-hybridized carbons (Fsp3) is 0.333. The lowest BCUT2D eigenvalue weighted by Crippen LogP contribution is -2.51. The molecule has 24 heavy (non-hydrogen) atoms. The van der Waals surface area contributed by atoms with Crippen LogP contribution >= 0.6 is 0 Å². The van der Waals surface area contributed by atoms with Crippen LogP contribution in [0.25, 0.3) is 10.8 Å². The van der Waals surface area contributed by atoms with E-state index in [9.17, 15) is 9.59 Å². The van der Waals surface area contributed by atoms with E-state index in [0.717, 1.165) is 48.6 Å². The third-order valence-electron chi connectivity index (χ3n) is 4.57. The highest BCUT2D eigenvalue weighted by molar-refractivity contribution is 6.25. The second-order valence-corrected chi connectivity index (χ2v) is 6.02. The number of nitrogens with one attached hydrogen (secondary N) is 1. The number of carbonyl (C=O) groups excluding carboxylic acids is 2. The van der Waals surface area contributed by atoms with Gasteiger partial charge in [0.15, 0.2) is 0 Å². The van der Waals surface area contributed by atoms with Crippen LogP contribution in [0.2, 0.25) is 0 Å². The molecule has 2 aliphatic rings. The van der Waals surface area contributed by atoms with Gasteiger partial charge in [-0.15, -0.1) is 0 Å². The quantitative estimate of drug-likeness (QED) is 0.858. The molecule has 6 heteroatoms. The summed E-state index contributed by atoms with van der Waals surface area (Å²) < 4.78 is 5.32. The third kappa shape index (κ3) is 2.58. The summed E-state index contributed by atoms with van der Waals surface area (Å²) in [5.74, 6) is -0.572. The van der Waals surface area contributed by atoms with Crippen LogP contribution in [0.4, 0.5) is 0 Å². The second-order valence-electron chi connectivity index (χ2n) is 6.02. The van der Waals surface area contributed by atoms with Crippen molar-refractivity contribution in [3.05, 3.63) is 47.5 Å². The van der Waals surface area contributed by atoms with Crippen LogP contribution in [0.5, 0.6) is 0 Å². The Bertz CT molecular complexity index is 748. The molecule has 1 fully saturated rings. The molecule has 2 aliphatic heterocycles. The minimum absolute atomic E-state index is 0.286. The van der Waals surface area contributed by atoms with Gasteiger partial charge in [-0.1, -0.05) is 24.3 Å². The van der Waals surface area contributed by atoms with Crippen molar-refractivity contribution < 1.29 is 14.3 Å². The Morgan fingerprint density at radius 3 is 2.21 bits per heavy atom. The molecule has 6 nitrogen and oxygen atoms in total. The van der Waals surface area contributed by atoms with Crippen molar-refractivity contribution >= 4 is 22.6 Å². The highest BCUT2D eigenvalue weighted by Gasteiger charge is 2.32. The molecule has 0 unspecified atom stereocenters. The van der Waals surface area contributed by atoms with Crippen LogP contribution < -0.4 is 5.43 Å². The molecular formula is C18H19N3O3. The number of hydrogen-bond donors (Lipinski definition) is 1. The molecule has 0 aromatic heterocycles. The Morgan fingerprint density at radius 1 is 0.958 bits per heavy atom. The number of hydrogen-bond acceptors (Lipinski definition) is 5. The van der Waals surface area contributed by atoms with Crippen LogP contribution in [0.1, 0.15) is 20.7 Å². The first-order valence-electron chi connectivity index (χ1n) is 8.20. The van der Waals surface area contributed by atoms with E-state index in [1.807, 2.05) is 24.3 Å². The lowest BCUT2D eigenvalue weighted by Gasteiger charge is -2.30. The molecule has 0 spiro atoms. The summed E-state index contributed by atoms with van der Waals surface area (Å²) in [4.78, 5) is 27.7. The van der Waals surface area contributed by atoms with Gasteiger partial charge in [-0.25, -0.2) is 10.4 Å². The van der Waals surface area contributed by atoms with Gasteiger partial charge in [0.1, 0.15) is 0 Å². The standard InChI is InChI=1S/C18H19N3O3/c22-17-14-5-1-3-13-4-2-6-15(16(13)14)18(23)21(17)19-7-8-20-9-11-24-12-10-20/h1-6,19H,7-12H2. The number of imide groups is 1. The molecule has 2 aromatic rings. The largest absolute Gasteiger partial charge is 0.379 e. The van der Waals surface area contributed by atoms with Gasteiger partial charge in [-0.2, -0.15) is 0 Å². The van der Waals surface area contributed by atoms with Crippen LogP contribution in [0.15, 0.2) is 36.4 Å². The predicted octanol–water partition coefficient (Wildman–Crippen LogP) is 1.27. The van der Waals surface area contributed by atoms with E-state index in [1.54, 1.807) is 12.1 Å². The molecule has 2 heterocycles. The molecule has 4 rings (SSSR count). The SMILES string of the molecule is O=C1c2cccc3cccc(c23)C(=O)N1NCCN1CCOCC1. The number of hydrazine groups is 1. The van der Waals surface area contributed by atoms with Gasteiger partial charge in [0.05, 0.1) is 24.3 Å². The maximum absolute atomic E-state index is 12.7. The molecule has 0 saturated carbocycles. The van der Waals surface area contributed by atoms with Gasteiger partial charge in [0, 0.05) is 31.6 Å². The Hall–Kier alpha value is -2.28. The van der Waals surface area contributed by atoms with Crippen LogP contribution in [0, 0.1) is 0 Å². The molecule has 0 aliphatic carbocycles. The third-order valence-corrected chi connectivity index (χ3v) is 4.57. The molecule has 2 aromatic carbocycles. The van der Waals surface area contributed by atoms with Crippen LogP contribution in [-0.2, 0) is 4.74 Å². The van der Waals surface area contributed by atoms with Crippen molar-refractivity contribution in [2.24, 2.45) is 0 Å². The molecular weight excluding hydrogens is 306 g/mol. The number of ether oxygens (including phenoxy) is 1. The smallest absolute Gasteiger partial charge is 0.275 e. The summed E-state index contributed by atoms with van der Waals surface area (Å²) >= 11 is 0. The predicted molar refractivity (Wildman–Crippen MR) is 89.7 cm³/mol. The molecule has 124 valence electrons. The lowest BCUT2D eigenvalue weighted by molar-refractivity contribution is 0.0329. The molecule has 0 radical (unpaired) electrons. The maximum Gasteiger partial charge on any atom is 0.275 e. The van der Waals surface area contributed by atoms with Crippen molar-refractivity contribution in [3.8, 4) is 0 Å². The number of rotatable bonds is 4. The minimum Gasteiger partial charge on any atom is -0.379 e. The van der Waals surface area contributed by atoms with Crippen molar-refractivity contribution in [3.63, 3.8) is 0 Å². The second kappa shape index (κ2) is 6.32. The number of amides is 2.